The Bertz CT molecular complexity index is 1150. The molecule has 2 aromatic carbocycles. The first-order valence-electron chi connectivity index (χ1n) is 10.9. The van der Waals surface area contributed by atoms with Crippen molar-refractivity contribution < 1.29 is 19.8 Å². The molecule has 1 aliphatic heterocycles. The summed E-state index contributed by atoms with van der Waals surface area (Å²) >= 11 is 0. The van der Waals surface area contributed by atoms with Gasteiger partial charge in [-0.05, 0) is 54.8 Å². The van der Waals surface area contributed by atoms with Crippen molar-refractivity contribution in [2.24, 2.45) is 5.16 Å². The molecule has 0 saturated carbocycles. The number of aromatic nitrogens is 1. The van der Waals surface area contributed by atoms with E-state index in [0.29, 0.717) is 25.2 Å². The summed E-state index contributed by atoms with van der Waals surface area (Å²) < 4.78 is 4.81. The molecule has 1 atom stereocenters. The van der Waals surface area contributed by atoms with Crippen molar-refractivity contribution in [1.82, 2.24) is 4.98 Å². The lowest BCUT2D eigenvalue weighted by Crippen LogP contribution is -2.53. The van der Waals surface area contributed by atoms with Gasteiger partial charge >= 0.3 is 6.16 Å². The molecule has 4 rings (SSSR count). The van der Waals surface area contributed by atoms with Crippen molar-refractivity contribution >= 4 is 17.6 Å². The maximum atomic E-state index is 10.7. The number of aryl methyl sites for hydroxylation is 2. The molecule has 7 nitrogen and oxygen atoms in total. The van der Waals surface area contributed by atoms with E-state index in [2.05, 4.69) is 46.2 Å². The Morgan fingerprint density at radius 2 is 1.88 bits per heavy atom. The molecule has 0 aliphatic carbocycles. The summed E-state index contributed by atoms with van der Waals surface area (Å²) in [6.45, 7) is 5.11. The number of nitrogens with zero attached hydrogens (tertiary/aromatic N) is 3. The van der Waals surface area contributed by atoms with E-state index in [1.807, 2.05) is 43.3 Å². The molecule has 0 radical (unpaired) electrons. The second-order valence-electron chi connectivity index (χ2n) is 8.35. The Morgan fingerprint density at radius 1 is 1.15 bits per heavy atom. The molecule has 3 aromatic rings. The third-order valence-corrected chi connectivity index (χ3v) is 6.09. The topological polar surface area (TPSA) is 95.2 Å². The summed E-state index contributed by atoms with van der Waals surface area (Å²) in [5.74, 6) is -0.000829. The van der Waals surface area contributed by atoms with Gasteiger partial charge in [-0.15, -0.1) is 0 Å². The molecule has 1 aromatic heterocycles. The minimum Gasteiger partial charge on any atom is -0.450 e. The molecular weight excluding hydrogens is 418 g/mol. The van der Waals surface area contributed by atoms with E-state index in [1.165, 1.54) is 11.1 Å². The average molecular weight is 446 g/mol. The molecule has 1 saturated heterocycles. The van der Waals surface area contributed by atoms with E-state index >= 15 is 0 Å². The summed E-state index contributed by atoms with van der Waals surface area (Å²) in [6, 6.07) is 20.3. The average Bonchev–Trinajstić information content (AvgIpc) is 2.78. The van der Waals surface area contributed by atoms with Crippen LogP contribution in [0.15, 0.2) is 72.0 Å². The van der Waals surface area contributed by atoms with Crippen LogP contribution in [0.5, 0.6) is 0 Å². The Hall–Kier alpha value is -3.87. The first-order chi connectivity index (χ1) is 15.9. The summed E-state index contributed by atoms with van der Waals surface area (Å²) in [6.07, 6.45) is 0.736. The van der Waals surface area contributed by atoms with Crippen LogP contribution in [0.1, 0.15) is 40.3 Å². The fourth-order valence-corrected chi connectivity index (χ4v) is 4.30. The van der Waals surface area contributed by atoms with Crippen LogP contribution in [0.2, 0.25) is 0 Å². The smallest absolute Gasteiger partial charge is 0.450 e. The van der Waals surface area contributed by atoms with E-state index in [4.69, 9.17) is 9.84 Å². The first-order valence-corrected chi connectivity index (χ1v) is 10.9. The minimum atomic E-state index is -1.23. The van der Waals surface area contributed by atoms with Gasteiger partial charge in [0.05, 0.1) is 18.8 Å². The SMILES string of the molecule is Cc1cc(/C(C[C@H](c2ccc(N3CC(OC(=O)O)C3)cc2)c2ccccc2C)=N/O)ccn1. The Morgan fingerprint density at radius 3 is 2.52 bits per heavy atom. The number of carboxylic acid groups (broad SMARTS) is 1. The fourth-order valence-electron chi connectivity index (χ4n) is 4.30. The molecule has 0 amide bonds. The molecule has 0 unspecified atom stereocenters. The van der Waals surface area contributed by atoms with Crippen molar-refractivity contribution in [3.63, 3.8) is 0 Å². The highest BCUT2D eigenvalue weighted by atomic mass is 16.7. The third kappa shape index (κ3) is 5.14. The van der Waals surface area contributed by atoms with E-state index < -0.39 is 6.16 Å². The number of hydrogen-bond donors (Lipinski definition) is 2. The highest BCUT2D eigenvalue weighted by molar-refractivity contribution is 6.01. The van der Waals surface area contributed by atoms with Crippen molar-refractivity contribution in [1.29, 1.82) is 0 Å². The highest BCUT2D eigenvalue weighted by Crippen LogP contribution is 2.33. The van der Waals surface area contributed by atoms with E-state index in [9.17, 15) is 10.0 Å². The predicted molar refractivity (Wildman–Crippen MR) is 126 cm³/mol. The number of ether oxygens (including phenoxy) is 1. The lowest BCUT2D eigenvalue weighted by Gasteiger charge is -2.39. The van der Waals surface area contributed by atoms with Crippen LogP contribution in [-0.4, -0.2) is 46.4 Å². The van der Waals surface area contributed by atoms with Gasteiger partial charge in [-0.2, -0.15) is 0 Å². The second kappa shape index (κ2) is 9.73. The van der Waals surface area contributed by atoms with Gasteiger partial charge in [0.15, 0.2) is 0 Å². The van der Waals surface area contributed by atoms with Crippen LogP contribution >= 0.6 is 0 Å². The largest absolute Gasteiger partial charge is 0.506 e. The van der Waals surface area contributed by atoms with Crippen LogP contribution in [0, 0.1) is 13.8 Å². The van der Waals surface area contributed by atoms with Gasteiger partial charge in [0.2, 0.25) is 0 Å². The van der Waals surface area contributed by atoms with Crippen LogP contribution in [0.25, 0.3) is 0 Å². The quantitative estimate of drug-likeness (QED) is 0.230. The number of anilines is 1. The van der Waals surface area contributed by atoms with Crippen LogP contribution < -0.4 is 4.90 Å². The molecule has 0 spiro atoms. The molecule has 2 heterocycles. The second-order valence-corrected chi connectivity index (χ2v) is 8.35. The zero-order chi connectivity index (χ0) is 23.4. The maximum Gasteiger partial charge on any atom is 0.506 e. The van der Waals surface area contributed by atoms with Gasteiger partial charge in [0.25, 0.3) is 0 Å². The van der Waals surface area contributed by atoms with Gasteiger partial charge in [0, 0.05) is 35.5 Å². The van der Waals surface area contributed by atoms with Gasteiger partial charge < -0.3 is 20.0 Å². The Balaban J connectivity index is 1.59. The number of hydrogen-bond acceptors (Lipinski definition) is 6. The highest BCUT2D eigenvalue weighted by Gasteiger charge is 2.30. The van der Waals surface area contributed by atoms with Gasteiger partial charge in [-0.1, -0.05) is 41.6 Å². The zero-order valence-corrected chi connectivity index (χ0v) is 18.7. The Kier molecular flexibility index (Phi) is 6.58. The number of pyridine rings is 1. The normalized spacial score (nSPS) is 15.1. The van der Waals surface area contributed by atoms with Crippen LogP contribution in [0.3, 0.4) is 0 Å². The van der Waals surface area contributed by atoms with E-state index in [0.717, 1.165) is 22.5 Å². The molecule has 0 bridgehead atoms. The lowest BCUT2D eigenvalue weighted by molar-refractivity contribution is 0.0398. The summed E-state index contributed by atoms with van der Waals surface area (Å²) in [5.41, 5.74) is 6.80. The number of carbonyl (C=O) groups is 1. The van der Waals surface area contributed by atoms with E-state index in [1.54, 1.807) is 6.20 Å². The molecule has 170 valence electrons. The van der Waals surface area contributed by atoms with Crippen LogP contribution in [0.4, 0.5) is 10.5 Å². The molecule has 33 heavy (non-hydrogen) atoms. The van der Waals surface area contributed by atoms with Gasteiger partial charge in [0.1, 0.15) is 6.10 Å². The van der Waals surface area contributed by atoms with Crippen LogP contribution in [-0.2, 0) is 4.74 Å². The van der Waals surface area contributed by atoms with Gasteiger partial charge in [-0.25, -0.2) is 4.79 Å². The predicted octanol–water partition coefficient (Wildman–Crippen LogP) is 4.98. The maximum absolute atomic E-state index is 10.7. The number of oxime groups is 1. The van der Waals surface area contributed by atoms with Crippen molar-refractivity contribution in [3.8, 4) is 0 Å². The molecule has 7 heteroatoms. The first kappa shape index (κ1) is 22.3. The van der Waals surface area contributed by atoms with Crippen molar-refractivity contribution in [2.45, 2.75) is 32.3 Å². The molecule has 1 aliphatic rings. The standard InChI is InChI=1S/C26H27N3O4/c1-17-5-3-4-6-23(17)24(14-25(28-32)20-11-12-27-18(2)13-20)19-7-9-21(10-8-19)29-15-22(16-29)33-26(30)31/h3-13,22,24,32H,14-16H2,1-2H3,(H,30,31)/b28-25+/t24-/m1/s1. The summed E-state index contributed by atoms with van der Waals surface area (Å²) in [4.78, 5) is 17.0. The third-order valence-electron chi connectivity index (χ3n) is 6.09. The molecule has 1 fully saturated rings. The number of rotatable bonds is 7. The van der Waals surface area contributed by atoms with Gasteiger partial charge in [-0.3, -0.25) is 4.98 Å². The lowest BCUT2D eigenvalue weighted by atomic mass is 9.83. The Labute approximate surface area is 193 Å². The van der Waals surface area contributed by atoms with Crippen molar-refractivity contribution in [2.75, 3.05) is 18.0 Å². The fraction of sp³-hybridized carbons (Fsp3) is 0.269. The van der Waals surface area contributed by atoms with E-state index in [-0.39, 0.29) is 12.0 Å². The number of benzene rings is 2. The molecule has 2 N–H and O–H groups in total. The monoisotopic (exact) mass is 445 g/mol. The summed E-state index contributed by atoms with van der Waals surface area (Å²) in [5, 5.41) is 22.2. The minimum absolute atomic E-state index is 0.000829. The summed E-state index contributed by atoms with van der Waals surface area (Å²) in [7, 11) is 0. The van der Waals surface area contributed by atoms with Crippen molar-refractivity contribution in [3.05, 3.63) is 94.8 Å². The zero-order valence-electron chi connectivity index (χ0n) is 18.7. The molecular formula is C26H27N3O4.